The molecule has 5 N–H and O–H groups in total. The zero-order chi connectivity index (χ0) is 27.6. The molecular weight excluding hydrogens is 539 g/mol. The maximum Gasteiger partial charge on any atom is 0.328 e. The number of aromatic amines is 1. The van der Waals surface area contributed by atoms with Gasteiger partial charge in [0.15, 0.2) is 0 Å². The van der Waals surface area contributed by atoms with Gasteiger partial charge < -0.3 is 25.5 Å². The van der Waals surface area contributed by atoms with Gasteiger partial charge in [-0.3, -0.25) is 19.3 Å². The second-order valence-corrected chi connectivity index (χ2v) is 11.8. The number of aryl methyl sites for hydroxylation is 1. The van der Waals surface area contributed by atoms with Crippen LogP contribution < -0.4 is 11.1 Å². The highest BCUT2D eigenvalue weighted by Crippen LogP contribution is 2.45. The Balaban J connectivity index is 1.61. The van der Waals surface area contributed by atoms with Crippen LogP contribution in [-0.2, 0) is 25.8 Å². The Kier molecular flexibility index (Phi) is 7.66. The van der Waals surface area contributed by atoms with Gasteiger partial charge in [0.1, 0.15) is 5.54 Å². The topological polar surface area (TPSA) is 156 Å². The van der Waals surface area contributed by atoms with Crippen molar-refractivity contribution in [1.82, 2.24) is 19.9 Å². The maximum absolute atomic E-state index is 12.8. The first-order chi connectivity index (χ1) is 18.7. The molecule has 12 heteroatoms. The van der Waals surface area contributed by atoms with Crippen molar-refractivity contribution in [3.63, 3.8) is 0 Å². The van der Waals surface area contributed by atoms with Gasteiger partial charge in [-0.2, -0.15) is 0 Å². The maximum atomic E-state index is 12.8. The molecule has 0 spiro atoms. The summed E-state index contributed by atoms with van der Waals surface area (Å²) in [4.78, 5) is 38.8. The first-order valence-corrected chi connectivity index (χ1v) is 14.6. The number of fused-ring (bicyclic) bond motifs is 1. The summed E-state index contributed by atoms with van der Waals surface area (Å²) < 4.78 is 17.4. The van der Waals surface area contributed by atoms with Crippen molar-refractivity contribution >= 4 is 30.8 Å². The summed E-state index contributed by atoms with van der Waals surface area (Å²) in [6.45, 7) is 1.82. The highest BCUT2D eigenvalue weighted by atomic mass is 35.5. The second-order valence-electron chi connectivity index (χ2n) is 9.38. The molecule has 1 aliphatic heterocycles. The van der Waals surface area contributed by atoms with E-state index in [1.165, 1.54) is 6.20 Å². The quantitative estimate of drug-likeness (QED) is 0.218. The normalized spacial score (nSPS) is 18.1. The van der Waals surface area contributed by atoms with Crippen molar-refractivity contribution in [3.8, 4) is 0 Å². The minimum atomic E-state index is -3.73. The number of rotatable bonds is 9. The third-order valence-electron chi connectivity index (χ3n) is 6.95. The fraction of sp³-hybridized carbons (Fsp3) is 0.259. The number of benzene rings is 1. The predicted molar refractivity (Wildman–Crippen MR) is 148 cm³/mol. The van der Waals surface area contributed by atoms with Crippen LogP contribution >= 0.6 is 19.2 Å². The zero-order valence-electron chi connectivity index (χ0n) is 21.2. The van der Waals surface area contributed by atoms with Gasteiger partial charge in [-0.15, -0.1) is 0 Å². The zero-order valence-corrected chi connectivity index (χ0v) is 22.8. The third kappa shape index (κ3) is 5.52. The minimum Gasteiger partial charge on any atom is -0.346 e. The molecule has 4 aromatic rings. The third-order valence-corrected chi connectivity index (χ3v) is 8.60. The number of carbonyl (C=O) groups is 1. The van der Waals surface area contributed by atoms with E-state index in [9.17, 15) is 14.3 Å². The number of nitrogens with one attached hydrogen (secondary N) is 2. The van der Waals surface area contributed by atoms with Crippen LogP contribution in [0.2, 0.25) is 5.02 Å². The van der Waals surface area contributed by atoms with Crippen LogP contribution in [0.15, 0.2) is 67.6 Å². The number of carbonyl (C=O) groups excluding carboxylic acids is 1. The Morgan fingerprint density at radius 1 is 1.13 bits per heavy atom. The number of H-pyrrole nitrogens is 1. The van der Waals surface area contributed by atoms with E-state index < -0.39 is 13.1 Å². The van der Waals surface area contributed by atoms with Crippen LogP contribution in [0.5, 0.6) is 0 Å². The average Bonchev–Trinajstić information content (AvgIpc) is 3.47. The number of anilines is 1. The lowest BCUT2D eigenvalue weighted by atomic mass is 9.77. The smallest absolute Gasteiger partial charge is 0.328 e. The van der Waals surface area contributed by atoms with Crippen molar-refractivity contribution in [2.24, 2.45) is 5.73 Å². The highest BCUT2D eigenvalue weighted by Gasteiger charge is 2.37. The number of hydrogen-bond acceptors (Lipinski definition) is 7. The summed E-state index contributed by atoms with van der Waals surface area (Å²) in [7, 11) is -3.73. The molecule has 0 radical (unpaired) electrons. The van der Waals surface area contributed by atoms with Crippen molar-refractivity contribution in [3.05, 3.63) is 106 Å². The molecule has 202 valence electrons. The number of halogens is 1. The Labute approximate surface area is 230 Å². The van der Waals surface area contributed by atoms with Gasteiger partial charge in [-0.1, -0.05) is 23.7 Å². The van der Waals surface area contributed by atoms with Crippen LogP contribution in [-0.4, -0.2) is 43.5 Å². The highest BCUT2D eigenvalue weighted by molar-refractivity contribution is 7.52. The Bertz CT molecular complexity index is 1550. The monoisotopic (exact) mass is 566 g/mol. The van der Waals surface area contributed by atoms with E-state index in [1.54, 1.807) is 44.1 Å². The van der Waals surface area contributed by atoms with E-state index in [0.29, 0.717) is 28.4 Å². The molecule has 0 fully saturated rings. The summed E-state index contributed by atoms with van der Waals surface area (Å²) in [5, 5.41) is 3.40. The number of nitrogens with two attached hydrogens (primary N) is 1. The lowest BCUT2D eigenvalue weighted by Gasteiger charge is -2.33. The second kappa shape index (κ2) is 11.0. The summed E-state index contributed by atoms with van der Waals surface area (Å²) >= 11 is 6.29. The SMILES string of the molecule is CCOP(=O)(O)CCc1ccncc1C1CC(=O)Nc2ccc(C(N)(c3cncc(Cl)c3)c3cnc[nH]3)cc21. The molecule has 1 aromatic carbocycles. The molecule has 3 unspecified atom stereocenters. The van der Waals surface area contributed by atoms with Crippen molar-refractivity contribution < 1.29 is 18.8 Å². The predicted octanol–water partition coefficient (Wildman–Crippen LogP) is 4.34. The molecule has 0 bridgehead atoms. The molecular formula is C27H28ClN6O4P. The number of hydrogen-bond donors (Lipinski definition) is 4. The minimum absolute atomic E-state index is 0.0445. The van der Waals surface area contributed by atoms with Gasteiger partial charge >= 0.3 is 7.60 Å². The van der Waals surface area contributed by atoms with Gasteiger partial charge in [-0.05, 0) is 53.8 Å². The lowest BCUT2D eigenvalue weighted by molar-refractivity contribution is -0.116. The van der Waals surface area contributed by atoms with E-state index in [2.05, 4.69) is 25.3 Å². The largest absolute Gasteiger partial charge is 0.346 e. The molecule has 0 aliphatic carbocycles. The van der Waals surface area contributed by atoms with Gasteiger partial charge in [0.25, 0.3) is 0 Å². The molecule has 10 nitrogen and oxygen atoms in total. The Morgan fingerprint density at radius 2 is 1.97 bits per heavy atom. The number of aromatic nitrogens is 4. The van der Waals surface area contributed by atoms with Crippen LogP contribution in [0.25, 0.3) is 0 Å². The molecule has 0 saturated carbocycles. The van der Waals surface area contributed by atoms with Crippen molar-refractivity contribution in [1.29, 1.82) is 0 Å². The number of nitrogens with zero attached hydrogens (tertiary/aromatic N) is 3. The molecule has 5 rings (SSSR count). The average molecular weight is 567 g/mol. The van der Waals surface area contributed by atoms with Gasteiger partial charge in [0.2, 0.25) is 5.91 Å². The summed E-state index contributed by atoms with van der Waals surface area (Å²) in [6, 6.07) is 9.23. The van der Waals surface area contributed by atoms with E-state index >= 15 is 0 Å². The van der Waals surface area contributed by atoms with Crippen LogP contribution in [0.1, 0.15) is 52.8 Å². The van der Waals surface area contributed by atoms with Crippen molar-refractivity contribution in [2.45, 2.75) is 31.2 Å². The van der Waals surface area contributed by atoms with Gasteiger partial charge in [-0.25, -0.2) is 4.98 Å². The first-order valence-electron chi connectivity index (χ1n) is 12.4. The first kappa shape index (κ1) is 27.2. The molecule has 4 heterocycles. The standard InChI is InChI=1S/C27H28ClN6O4P/c1-2-38-39(36,37)8-6-17-5-7-30-14-23(17)21-11-26(35)34-24-4-3-18(10-22(21)24)27(29,25-15-32-16-33-25)19-9-20(28)13-31-12-19/h3-5,7,9-10,12-16,21H,2,6,8,11,29H2,1H3,(H,32,33)(H,34,35)(H,36,37). The lowest BCUT2D eigenvalue weighted by Crippen LogP contribution is -2.40. The van der Waals surface area contributed by atoms with Crippen LogP contribution in [0, 0.1) is 0 Å². The number of amides is 1. The molecule has 0 saturated heterocycles. The van der Waals surface area contributed by atoms with Crippen molar-refractivity contribution in [2.75, 3.05) is 18.1 Å². The van der Waals surface area contributed by atoms with E-state index in [1.807, 2.05) is 24.3 Å². The van der Waals surface area contributed by atoms with E-state index in [4.69, 9.17) is 21.9 Å². The summed E-state index contributed by atoms with van der Waals surface area (Å²) in [6.07, 6.45) is 10.2. The fourth-order valence-corrected chi connectivity index (χ4v) is 6.30. The summed E-state index contributed by atoms with van der Waals surface area (Å²) in [5.74, 6) is -0.491. The van der Waals surface area contributed by atoms with Crippen LogP contribution in [0.4, 0.5) is 5.69 Å². The Morgan fingerprint density at radius 3 is 2.72 bits per heavy atom. The molecule has 3 aromatic heterocycles. The van der Waals surface area contributed by atoms with E-state index in [0.717, 1.165) is 22.3 Å². The summed E-state index contributed by atoms with van der Waals surface area (Å²) in [5.41, 5.74) is 11.1. The molecule has 3 atom stereocenters. The molecule has 39 heavy (non-hydrogen) atoms. The van der Waals surface area contributed by atoms with Crippen LogP contribution in [0.3, 0.4) is 0 Å². The van der Waals surface area contributed by atoms with E-state index in [-0.39, 0.29) is 31.0 Å². The number of pyridine rings is 2. The van der Waals surface area contributed by atoms with Gasteiger partial charge in [0.05, 0.1) is 36.0 Å². The Hall–Kier alpha value is -3.40. The molecule has 1 aliphatic rings. The fourth-order valence-electron chi connectivity index (χ4n) is 5.07. The molecule has 1 amide bonds. The van der Waals surface area contributed by atoms with Gasteiger partial charge in [0, 0.05) is 48.4 Å². The number of imidazole rings is 1.